The molecule has 198 valence electrons. The average molecular weight is 546 g/mol. The van der Waals surface area contributed by atoms with Gasteiger partial charge in [0.15, 0.2) is 23.0 Å². The Labute approximate surface area is 228 Å². The highest BCUT2D eigenvalue weighted by Gasteiger charge is 2.19. The van der Waals surface area contributed by atoms with Crippen LogP contribution < -0.4 is 23.7 Å². The maximum Gasteiger partial charge on any atom is 0.338 e. The highest BCUT2D eigenvalue weighted by Crippen LogP contribution is 2.43. The van der Waals surface area contributed by atoms with Gasteiger partial charge in [-0.15, -0.1) is 0 Å². The molecule has 2 heterocycles. The lowest BCUT2D eigenvalue weighted by Gasteiger charge is -2.15. The summed E-state index contributed by atoms with van der Waals surface area (Å²) in [6.07, 6.45) is 0.474. The van der Waals surface area contributed by atoms with Crippen molar-refractivity contribution in [1.82, 2.24) is 4.98 Å². The molecule has 9 heteroatoms. The number of nitrogens with zero attached hydrogens (tertiary/aromatic N) is 1. The molecule has 0 spiro atoms. The molecule has 0 atom stereocenters. The number of ether oxygens (including phenoxy) is 6. The molecule has 4 aromatic carbocycles. The second kappa shape index (κ2) is 10.4. The molecule has 39 heavy (non-hydrogen) atoms. The summed E-state index contributed by atoms with van der Waals surface area (Å²) in [6, 6.07) is 18.3. The summed E-state index contributed by atoms with van der Waals surface area (Å²) in [7, 11) is 3.19. The molecule has 0 saturated carbocycles. The molecule has 0 radical (unpaired) electrons. The van der Waals surface area contributed by atoms with Gasteiger partial charge in [0.1, 0.15) is 0 Å². The molecule has 0 amide bonds. The summed E-state index contributed by atoms with van der Waals surface area (Å²) < 4.78 is 33.9. The van der Waals surface area contributed by atoms with Gasteiger partial charge in [0.2, 0.25) is 12.7 Å². The smallest absolute Gasteiger partial charge is 0.338 e. The minimum atomic E-state index is -0.414. The third kappa shape index (κ3) is 4.68. The minimum Gasteiger partial charge on any atom is -0.493 e. The number of aromatic nitrogens is 1. The van der Waals surface area contributed by atoms with Crippen molar-refractivity contribution in [3.63, 3.8) is 0 Å². The number of fused-ring (bicyclic) bond motifs is 6. The number of methoxy groups -OCH3 is 2. The molecule has 0 aliphatic carbocycles. The van der Waals surface area contributed by atoms with Gasteiger partial charge in [-0.05, 0) is 53.9 Å². The quantitative estimate of drug-likeness (QED) is 0.123. The Balaban J connectivity index is 1.33. The molecule has 0 bridgehead atoms. The van der Waals surface area contributed by atoms with Crippen molar-refractivity contribution in [2.24, 2.45) is 0 Å². The van der Waals surface area contributed by atoms with Gasteiger partial charge in [-0.2, -0.15) is 0 Å². The Kier molecular flexibility index (Phi) is 6.62. The lowest BCUT2D eigenvalue weighted by Crippen LogP contribution is -2.09. The van der Waals surface area contributed by atoms with Gasteiger partial charge in [0.05, 0.1) is 38.5 Å². The summed E-state index contributed by atoms with van der Waals surface area (Å²) in [6.45, 7) is 0.664. The van der Waals surface area contributed by atoms with Crippen molar-refractivity contribution in [1.29, 1.82) is 0 Å². The first-order valence-corrected chi connectivity index (χ1v) is 12.7. The number of carbonyl (C=O) groups is 1. The van der Waals surface area contributed by atoms with Gasteiger partial charge in [-0.1, -0.05) is 23.7 Å². The van der Waals surface area contributed by atoms with E-state index in [9.17, 15) is 4.79 Å². The maximum absolute atomic E-state index is 12.3. The van der Waals surface area contributed by atoms with Crippen LogP contribution in [0.25, 0.3) is 32.4 Å². The van der Waals surface area contributed by atoms with Gasteiger partial charge >= 0.3 is 5.97 Å². The summed E-state index contributed by atoms with van der Waals surface area (Å²) in [5, 5.41) is 5.05. The number of halogens is 1. The Morgan fingerprint density at radius 1 is 0.846 bits per heavy atom. The predicted octanol–water partition coefficient (Wildman–Crippen LogP) is 6.57. The first kappa shape index (κ1) is 24.9. The van der Waals surface area contributed by atoms with Crippen LogP contribution in [0.2, 0.25) is 5.02 Å². The number of rotatable bonds is 8. The van der Waals surface area contributed by atoms with E-state index in [-0.39, 0.29) is 20.0 Å². The normalized spacial score (nSPS) is 12.2. The van der Waals surface area contributed by atoms with Crippen molar-refractivity contribution in [3.8, 4) is 28.9 Å². The third-order valence-electron chi connectivity index (χ3n) is 6.58. The van der Waals surface area contributed by atoms with Crippen LogP contribution in [0.1, 0.15) is 16.8 Å². The van der Waals surface area contributed by atoms with E-state index in [1.54, 1.807) is 38.5 Å². The fourth-order valence-electron chi connectivity index (χ4n) is 4.65. The number of pyridine rings is 1. The molecule has 5 aromatic rings. The van der Waals surface area contributed by atoms with E-state index in [4.69, 9.17) is 45.0 Å². The fourth-order valence-corrected chi connectivity index (χ4v) is 4.77. The van der Waals surface area contributed by atoms with Crippen LogP contribution in [0.5, 0.6) is 28.9 Å². The standard InChI is InChI=1S/C30H24ClNO7/c1-34-24-14-22-20-9-6-18-12-26-27(39-16-38-26)13-21(18)28(20)32-29(23(22)15-25(24)35-2)36-10-3-11-37-30(33)17-4-7-19(31)8-5-17/h4-9,12-15H,3,10-11,16H2,1-2H3. The molecule has 1 aromatic heterocycles. The Morgan fingerprint density at radius 3 is 2.31 bits per heavy atom. The number of esters is 1. The number of hydrogen-bond acceptors (Lipinski definition) is 8. The fraction of sp³-hybridized carbons (Fsp3) is 0.200. The van der Waals surface area contributed by atoms with Crippen LogP contribution in [-0.2, 0) is 4.74 Å². The molecule has 6 rings (SSSR count). The largest absolute Gasteiger partial charge is 0.493 e. The van der Waals surface area contributed by atoms with Gasteiger partial charge in [0, 0.05) is 33.0 Å². The Morgan fingerprint density at radius 2 is 1.56 bits per heavy atom. The molecule has 0 saturated heterocycles. The molecule has 0 N–H and O–H groups in total. The van der Waals surface area contributed by atoms with Crippen LogP contribution in [0.4, 0.5) is 0 Å². The van der Waals surface area contributed by atoms with Crippen molar-refractivity contribution in [2.75, 3.05) is 34.2 Å². The predicted molar refractivity (Wildman–Crippen MR) is 148 cm³/mol. The van der Waals surface area contributed by atoms with Gasteiger partial charge in [0.25, 0.3) is 0 Å². The van der Waals surface area contributed by atoms with Crippen LogP contribution in [0.15, 0.2) is 60.7 Å². The van der Waals surface area contributed by atoms with E-state index in [1.165, 1.54) is 0 Å². The second-order valence-corrected chi connectivity index (χ2v) is 9.34. The molecule has 0 fully saturated rings. The molecule has 0 unspecified atom stereocenters. The SMILES string of the molecule is COc1cc2c(OCCCOC(=O)c3ccc(Cl)cc3)nc3c4cc5c(cc4ccc3c2cc1OC)OCO5. The van der Waals surface area contributed by atoms with Crippen molar-refractivity contribution < 1.29 is 33.2 Å². The van der Waals surface area contributed by atoms with Crippen molar-refractivity contribution in [3.05, 3.63) is 71.2 Å². The monoisotopic (exact) mass is 545 g/mol. The molecule has 1 aliphatic rings. The average Bonchev–Trinajstić information content (AvgIpc) is 3.42. The second-order valence-electron chi connectivity index (χ2n) is 8.90. The zero-order valence-corrected chi connectivity index (χ0v) is 22.0. The third-order valence-corrected chi connectivity index (χ3v) is 6.83. The summed E-state index contributed by atoms with van der Waals surface area (Å²) in [4.78, 5) is 17.2. The van der Waals surface area contributed by atoms with E-state index in [0.717, 1.165) is 32.4 Å². The van der Waals surface area contributed by atoms with Gasteiger partial charge in [-0.25, -0.2) is 9.78 Å². The van der Waals surface area contributed by atoms with Crippen molar-refractivity contribution >= 4 is 50.0 Å². The number of carbonyl (C=O) groups excluding carboxylic acids is 1. The van der Waals surface area contributed by atoms with Crippen LogP contribution in [-0.4, -0.2) is 45.2 Å². The minimum absolute atomic E-state index is 0.188. The van der Waals surface area contributed by atoms with Crippen LogP contribution >= 0.6 is 11.6 Å². The van der Waals surface area contributed by atoms with E-state index in [0.29, 0.717) is 45.9 Å². The lowest BCUT2D eigenvalue weighted by molar-refractivity contribution is 0.0485. The lowest BCUT2D eigenvalue weighted by atomic mass is 10.0. The van der Waals surface area contributed by atoms with E-state index in [1.807, 2.05) is 36.4 Å². The summed E-state index contributed by atoms with van der Waals surface area (Å²) in [5.74, 6) is 2.57. The number of benzene rings is 4. The topological polar surface area (TPSA) is 85.3 Å². The molecular formula is C30H24ClNO7. The van der Waals surface area contributed by atoms with E-state index < -0.39 is 5.97 Å². The summed E-state index contributed by atoms with van der Waals surface area (Å²) in [5.41, 5.74) is 1.20. The van der Waals surface area contributed by atoms with Gasteiger partial charge < -0.3 is 28.4 Å². The Bertz CT molecular complexity index is 1720. The highest BCUT2D eigenvalue weighted by atomic mass is 35.5. The zero-order valence-electron chi connectivity index (χ0n) is 21.3. The Hall–Kier alpha value is -4.43. The molecular weight excluding hydrogens is 522 g/mol. The summed E-state index contributed by atoms with van der Waals surface area (Å²) >= 11 is 5.89. The zero-order chi connectivity index (χ0) is 26.9. The first-order valence-electron chi connectivity index (χ1n) is 12.3. The number of hydrogen-bond donors (Lipinski definition) is 0. The van der Waals surface area contributed by atoms with Crippen LogP contribution in [0.3, 0.4) is 0 Å². The van der Waals surface area contributed by atoms with Gasteiger partial charge in [-0.3, -0.25) is 0 Å². The first-order chi connectivity index (χ1) is 19.1. The highest BCUT2D eigenvalue weighted by molar-refractivity contribution is 6.30. The van der Waals surface area contributed by atoms with Crippen molar-refractivity contribution in [2.45, 2.75) is 6.42 Å². The maximum atomic E-state index is 12.3. The molecule has 1 aliphatic heterocycles. The van der Waals surface area contributed by atoms with E-state index in [2.05, 4.69) is 0 Å². The van der Waals surface area contributed by atoms with Crippen LogP contribution in [0, 0.1) is 0 Å². The van der Waals surface area contributed by atoms with E-state index >= 15 is 0 Å². The molecule has 8 nitrogen and oxygen atoms in total.